The lowest BCUT2D eigenvalue weighted by Gasteiger charge is -2.31. The summed E-state index contributed by atoms with van der Waals surface area (Å²) in [7, 11) is 0. The molecule has 1 aliphatic heterocycles. The number of nitrogens with zero attached hydrogens (tertiary/aromatic N) is 3. The Morgan fingerprint density at radius 2 is 1.77 bits per heavy atom. The summed E-state index contributed by atoms with van der Waals surface area (Å²) in [6, 6.07) is 17.5. The van der Waals surface area contributed by atoms with Crippen LogP contribution in [0.15, 0.2) is 66.9 Å². The van der Waals surface area contributed by atoms with Gasteiger partial charge in [-0.15, -0.1) is 0 Å². The highest BCUT2D eigenvalue weighted by atomic mass is 19.1. The highest BCUT2D eigenvalue weighted by Gasteiger charge is 2.23. The molecule has 2 aromatic heterocycles. The van der Waals surface area contributed by atoms with E-state index in [9.17, 15) is 9.18 Å². The smallest absolute Gasteiger partial charge is 0.238 e. The van der Waals surface area contributed by atoms with Crippen molar-refractivity contribution >= 4 is 23.2 Å². The van der Waals surface area contributed by atoms with Crippen molar-refractivity contribution in [2.45, 2.75) is 18.8 Å². The predicted octanol–water partition coefficient (Wildman–Crippen LogP) is 4.18. The summed E-state index contributed by atoms with van der Waals surface area (Å²) in [5.74, 6) is 1.52. The van der Waals surface area contributed by atoms with E-state index in [0.29, 0.717) is 18.2 Å². The van der Waals surface area contributed by atoms with Gasteiger partial charge in [-0.25, -0.2) is 14.4 Å². The normalized spacial score (nSPS) is 15.0. The van der Waals surface area contributed by atoms with Crippen molar-refractivity contribution in [3.8, 4) is 0 Å². The van der Waals surface area contributed by atoms with Crippen LogP contribution in [0.25, 0.3) is 0 Å². The minimum absolute atomic E-state index is 0.0836. The van der Waals surface area contributed by atoms with Gasteiger partial charge in [0, 0.05) is 23.5 Å². The molecule has 154 valence electrons. The van der Waals surface area contributed by atoms with E-state index in [0.717, 1.165) is 43.3 Å². The summed E-state index contributed by atoms with van der Waals surface area (Å²) in [4.78, 5) is 23.4. The Balaban J connectivity index is 1.28. The number of carbonyl (C=O) groups excluding carboxylic acids is 1. The zero-order valence-corrected chi connectivity index (χ0v) is 16.6. The molecule has 1 aromatic carbocycles. The summed E-state index contributed by atoms with van der Waals surface area (Å²) in [5, 5.41) is 6.05. The molecule has 0 bridgehead atoms. The molecule has 1 aliphatic rings. The number of likely N-dealkylation sites (tertiary alicyclic amines) is 1. The Bertz CT molecular complexity index is 972. The largest absolute Gasteiger partial charge is 0.325 e. The van der Waals surface area contributed by atoms with Crippen molar-refractivity contribution in [3.63, 3.8) is 0 Å². The molecule has 0 saturated carbocycles. The Morgan fingerprint density at radius 3 is 2.50 bits per heavy atom. The molecule has 0 atom stereocenters. The van der Waals surface area contributed by atoms with Crippen LogP contribution < -0.4 is 10.6 Å². The molecule has 1 saturated heterocycles. The average Bonchev–Trinajstić information content (AvgIpc) is 2.77. The third kappa shape index (κ3) is 5.39. The lowest BCUT2D eigenvalue weighted by molar-refractivity contribution is -0.117. The molecule has 3 heterocycles. The van der Waals surface area contributed by atoms with Gasteiger partial charge < -0.3 is 10.6 Å². The number of halogens is 1. The molecule has 1 amide bonds. The van der Waals surface area contributed by atoms with Crippen molar-refractivity contribution in [3.05, 3.63) is 78.4 Å². The number of hydrogen-bond donors (Lipinski definition) is 2. The van der Waals surface area contributed by atoms with Crippen molar-refractivity contribution in [1.29, 1.82) is 0 Å². The first-order chi connectivity index (χ1) is 14.7. The molecule has 0 aliphatic carbocycles. The first kappa shape index (κ1) is 20.0. The third-order valence-electron chi connectivity index (χ3n) is 5.19. The van der Waals surface area contributed by atoms with Crippen LogP contribution in [-0.2, 0) is 4.79 Å². The van der Waals surface area contributed by atoms with Gasteiger partial charge in [0.05, 0.1) is 6.54 Å². The monoisotopic (exact) mass is 405 g/mol. The Morgan fingerprint density at radius 1 is 1.00 bits per heavy atom. The molecular formula is C23H24FN5O. The van der Waals surface area contributed by atoms with E-state index in [2.05, 4.69) is 26.6 Å². The number of nitrogens with one attached hydrogen (secondary N) is 2. The number of hydrogen-bond acceptors (Lipinski definition) is 5. The first-order valence-corrected chi connectivity index (χ1v) is 10.1. The van der Waals surface area contributed by atoms with Crippen molar-refractivity contribution in [1.82, 2.24) is 14.9 Å². The number of anilines is 3. The van der Waals surface area contributed by atoms with Crippen LogP contribution in [0.2, 0.25) is 0 Å². The highest BCUT2D eigenvalue weighted by molar-refractivity contribution is 5.92. The minimum atomic E-state index is -0.317. The van der Waals surface area contributed by atoms with Gasteiger partial charge in [0.15, 0.2) is 0 Å². The standard InChI is InChI=1S/C23H24FN5O/c24-18-7-9-19(10-8-18)26-23(30)16-29-14-11-17(12-15-29)20-4-3-6-22(27-20)28-21-5-1-2-13-25-21/h1-10,13,17H,11-12,14-16H2,(H,26,30)(H,25,27,28). The number of pyridine rings is 2. The van der Waals surface area contributed by atoms with E-state index in [1.807, 2.05) is 30.3 Å². The zero-order chi connectivity index (χ0) is 20.8. The Kier molecular flexibility index (Phi) is 6.29. The Labute approximate surface area is 175 Å². The summed E-state index contributed by atoms with van der Waals surface area (Å²) in [6.07, 6.45) is 3.64. The summed E-state index contributed by atoms with van der Waals surface area (Å²) < 4.78 is 13.0. The topological polar surface area (TPSA) is 70.2 Å². The lowest BCUT2D eigenvalue weighted by Crippen LogP contribution is -2.38. The van der Waals surface area contributed by atoms with Crippen LogP contribution in [-0.4, -0.2) is 40.4 Å². The van der Waals surface area contributed by atoms with Gasteiger partial charge in [0.1, 0.15) is 17.5 Å². The van der Waals surface area contributed by atoms with Crippen LogP contribution in [0, 0.1) is 5.82 Å². The summed E-state index contributed by atoms with van der Waals surface area (Å²) in [5.41, 5.74) is 1.67. The molecule has 0 spiro atoms. The molecule has 0 unspecified atom stereocenters. The molecule has 4 rings (SSSR count). The van der Waals surface area contributed by atoms with E-state index >= 15 is 0 Å². The fourth-order valence-electron chi connectivity index (χ4n) is 3.64. The number of piperidine rings is 1. The van der Waals surface area contributed by atoms with Crippen LogP contribution in [0.3, 0.4) is 0 Å². The number of amides is 1. The van der Waals surface area contributed by atoms with Crippen molar-refractivity contribution in [2.24, 2.45) is 0 Å². The SMILES string of the molecule is O=C(CN1CCC(c2cccc(Nc3ccccn3)n2)CC1)Nc1ccc(F)cc1. The minimum Gasteiger partial charge on any atom is -0.325 e. The van der Waals surface area contributed by atoms with E-state index in [4.69, 9.17) is 4.98 Å². The molecule has 6 nitrogen and oxygen atoms in total. The van der Waals surface area contributed by atoms with Crippen LogP contribution in [0.4, 0.5) is 21.7 Å². The lowest BCUT2D eigenvalue weighted by atomic mass is 9.93. The summed E-state index contributed by atoms with van der Waals surface area (Å²) >= 11 is 0. The zero-order valence-electron chi connectivity index (χ0n) is 16.6. The van der Waals surface area contributed by atoms with E-state index in [1.54, 1.807) is 18.3 Å². The predicted molar refractivity (Wildman–Crippen MR) is 115 cm³/mol. The average molecular weight is 405 g/mol. The molecule has 7 heteroatoms. The molecule has 1 fully saturated rings. The molecule has 30 heavy (non-hydrogen) atoms. The van der Waals surface area contributed by atoms with Crippen molar-refractivity contribution in [2.75, 3.05) is 30.3 Å². The first-order valence-electron chi connectivity index (χ1n) is 10.1. The molecule has 3 aromatic rings. The van der Waals surface area contributed by atoms with Crippen LogP contribution in [0.5, 0.6) is 0 Å². The molecular weight excluding hydrogens is 381 g/mol. The van der Waals surface area contributed by atoms with E-state index < -0.39 is 0 Å². The fraction of sp³-hybridized carbons (Fsp3) is 0.261. The van der Waals surface area contributed by atoms with E-state index in [-0.39, 0.29) is 11.7 Å². The van der Waals surface area contributed by atoms with Crippen LogP contribution in [0.1, 0.15) is 24.5 Å². The van der Waals surface area contributed by atoms with Gasteiger partial charge in [-0.2, -0.15) is 0 Å². The molecule has 0 radical (unpaired) electrons. The number of carbonyl (C=O) groups is 1. The van der Waals surface area contributed by atoms with E-state index in [1.165, 1.54) is 12.1 Å². The Hall–Kier alpha value is -3.32. The van der Waals surface area contributed by atoms with Gasteiger partial charge in [-0.3, -0.25) is 9.69 Å². The quantitative estimate of drug-likeness (QED) is 0.644. The maximum Gasteiger partial charge on any atom is 0.238 e. The fourth-order valence-corrected chi connectivity index (χ4v) is 3.64. The van der Waals surface area contributed by atoms with Gasteiger partial charge >= 0.3 is 0 Å². The second kappa shape index (κ2) is 9.45. The van der Waals surface area contributed by atoms with Gasteiger partial charge in [0.25, 0.3) is 0 Å². The van der Waals surface area contributed by atoms with Gasteiger partial charge in [0.2, 0.25) is 5.91 Å². The second-order valence-electron chi connectivity index (χ2n) is 7.39. The second-order valence-corrected chi connectivity index (χ2v) is 7.39. The third-order valence-corrected chi connectivity index (χ3v) is 5.19. The van der Waals surface area contributed by atoms with Gasteiger partial charge in [-0.05, 0) is 74.5 Å². The highest BCUT2D eigenvalue weighted by Crippen LogP contribution is 2.27. The number of benzene rings is 1. The van der Waals surface area contributed by atoms with Crippen LogP contribution >= 0.6 is 0 Å². The maximum atomic E-state index is 13.0. The number of aromatic nitrogens is 2. The van der Waals surface area contributed by atoms with Crippen molar-refractivity contribution < 1.29 is 9.18 Å². The summed E-state index contributed by atoms with van der Waals surface area (Å²) in [6.45, 7) is 2.00. The number of rotatable bonds is 6. The maximum absolute atomic E-state index is 13.0. The van der Waals surface area contributed by atoms with Gasteiger partial charge in [-0.1, -0.05) is 12.1 Å². The molecule has 2 N–H and O–H groups in total.